The summed E-state index contributed by atoms with van der Waals surface area (Å²) in [5.74, 6) is -4.26. The van der Waals surface area contributed by atoms with Gasteiger partial charge in [0, 0.05) is 31.8 Å². The summed E-state index contributed by atoms with van der Waals surface area (Å²) in [5, 5.41) is 3.41. The Bertz CT molecular complexity index is 1180. The third-order valence-corrected chi connectivity index (χ3v) is 7.56. The first kappa shape index (κ1) is 21.2. The molecule has 1 fully saturated rings. The van der Waals surface area contributed by atoms with Crippen LogP contribution in [-0.2, 0) is 17.6 Å². The van der Waals surface area contributed by atoms with Crippen molar-refractivity contribution >= 4 is 32.6 Å². The van der Waals surface area contributed by atoms with Crippen LogP contribution in [0, 0.1) is 0 Å². The van der Waals surface area contributed by atoms with Crippen LogP contribution in [-0.4, -0.2) is 45.8 Å². The van der Waals surface area contributed by atoms with Crippen LogP contribution in [0.15, 0.2) is 35.3 Å². The number of aromatic amines is 1. The van der Waals surface area contributed by atoms with E-state index in [-0.39, 0.29) is 31.0 Å². The fourth-order valence-electron chi connectivity index (χ4n) is 4.69. The third-order valence-electron chi connectivity index (χ3n) is 6.63. The number of carbonyl (C=O) groups excluding carboxylic acids is 1. The van der Waals surface area contributed by atoms with Gasteiger partial charge in [-0.3, -0.25) is 14.5 Å². The number of fused-ring (bicyclic) bond motifs is 2. The highest BCUT2D eigenvalue weighted by Crippen LogP contribution is 2.40. The van der Waals surface area contributed by atoms with Crippen LogP contribution >= 0.6 is 11.3 Å². The Morgan fingerprint density at radius 2 is 2.09 bits per heavy atom. The molecule has 3 aromatic rings. The molecule has 1 aliphatic carbocycles. The van der Waals surface area contributed by atoms with Gasteiger partial charge in [-0.15, -0.1) is 0 Å². The summed E-state index contributed by atoms with van der Waals surface area (Å²) >= 11 is 1.44. The molecule has 2 aliphatic rings. The number of pyridine rings is 1. The Labute approximate surface area is 187 Å². The average molecular weight is 459 g/mol. The molecule has 5 rings (SSSR count). The Kier molecular flexibility index (Phi) is 5.33. The van der Waals surface area contributed by atoms with Crippen molar-refractivity contribution in [3.63, 3.8) is 0 Å². The maximum absolute atomic E-state index is 14.6. The molecule has 2 aromatic heterocycles. The van der Waals surface area contributed by atoms with Crippen LogP contribution in [0.4, 0.5) is 13.9 Å². The number of hydrogen-bond donors (Lipinski definition) is 2. The Balaban J connectivity index is 1.30. The van der Waals surface area contributed by atoms with Crippen molar-refractivity contribution in [3.05, 3.63) is 57.5 Å². The fourth-order valence-corrected chi connectivity index (χ4v) is 5.60. The molecule has 0 saturated carbocycles. The number of benzene rings is 1. The van der Waals surface area contributed by atoms with E-state index in [4.69, 9.17) is 0 Å². The summed E-state index contributed by atoms with van der Waals surface area (Å²) in [6, 6.07) is 6.37. The van der Waals surface area contributed by atoms with Crippen molar-refractivity contribution in [1.29, 1.82) is 0 Å². The maximum atomic E-state index is 14.6. The summed E-state index contributed by atoms with van der Waals surface area (Å²) in [5.41, 5.74) is 3.60. The highest BCUT2D eigenvalue weighted by atomic mass is 32.1. The molecule has 32 heavy (non-hydrogen) atoms. The number of carbonyl (C=O) groups is 1. The van der Waals surface area contributed by atoms with E-state index in [1.54, 1.807) is 11.8 Å². The highest BCUT2D eigenvalue weighted by Gasteiger charge is 2.46. The zero-order valence-electron chi connectivity index (χ0n) is 17.7. The zero-order valence-corrected chi connectivity index (χ0v) is 18.5. The molecule has 1 aromatic carbocycles. The largest absolute Gasteiger partial charge is 0.329 e. The van der Waals surface area contributed by atoms with Gasteiger partial charge in [-0.25, -0.2) is 13.8 Å². The number of aromatic nitrogens is 2. The zero-order chi connectivity index (χ0) is 22.5. The second-order valence-corrected chi connectivity index (χ2v) is 9.70. The molecule has 0 bridgehead atoms. The number of likely N-dealkylation sites (tertiary alicyclic amines) is 1. The first-order valence-electron chi connectivity index (χ1n) is 10.8. The third kappa shape index (κ3) is 3.95. The Morgan fingerprint density at radius 3 is 2.84 bits per heavy atom. The van der Waals surface area contributed by atoms with Gasteiger partial charge in [-0.05, 0) is 55.0 Å². The molecule has 0 spiro atoms. The van der Waals surface area contributed by atoms with Gasteiger partial charge in [0.1, 0.15) is 0 Å². The number of halogens is 2. The van der Waals surface area contributed by atoms with E-state index in [0.29, 0.717) is 10.7 Å². The minimum Gasteiger partial charge on any atom is -0.329 e. The molecule has 6 nitrogen and oxygen atoms in total. The van der Waals surface area contributed by atoms with Crippen molar-refractivity contribution in [2.24, 2.45) is 0 Å². The number of nitrogens with zero attached hydrogens (tertiary/aromatic N) is 2. The van der Waals surface area contributed by atoms with E-state index in [1.807, 2.05) is 0 Å². The normalized spacial score (nSPS) is 21.4. The first-order valence-corrected chi connectivity index (χ1v) is 11.7. The minimum atomic E-state index is -2.90. The van der Waals surface area contributed by atoms with Crippen LogP contribution in [0.5, 0.6) is 0 Å². The number of H-pyrrole nitrogens is 1. The molecule has 3 heterocycles. The monoisotopic (exact) mass is 458 g/mol. The lowest BCUT2D eigenvalue weighted by Gasteiger charge is -2.40. The number of amides is 1. The van der Waals surface area contributed by atoms with Crippen LogP contribution in [0.25, 0.3) is 10.2 Å². The van der Waals surface area contributed by atoms with Gasteiger partial charge in [0.05, 0.1) is 22.2 Å². The second kappa shape index (κ2) is 8.04. The predicted molar refractivity (Wildman–Crippen MR) is 121 cm³/mol. The summed E-state index contributed by atoms with van der Waals surface area (Å²) < 4.78 is 30.3. The lowest BCUT2D eigenvalue weighted by molar-refractivity contribution is -0.125. The molecule has 2 atom stereocenters. The van der Waals surface area contributed by atoms with Crippen LogP contribution in [0.2, 0.25) is 0 Å². The van der Waals surface area contributed by atoms with Gasteiger partial charge in [0.25, 0.3) is 5.92 Å². The summed E-state index contributed by atoms with van der Waals surface area (Å²) in [4.78, 5) is 33.0. The number of thiazole rings is 1. The fraction of sp³-hybridized carbons (Fsp3) is 0.435. The van der Waals surface area contributed by atoms with Crippen LogP contribution in [0.1, 0.15) is 42.4 Å². The van der Waals surface area contributed by atoms with E-state index in [1.165, 1.54) is 47.2 Å². The standard InChI is InChI=1S/C23H24F2N4O2S/c1-13(29-8-7-23(24,25)17(12-29)16-5-6-20(30)26-11-16)21(31)28-22-27-18-9-14-3-2-4-15(14)10-19(18)32-22/h5-6,9-11,13,17H,2-4,7-8,12H2,1H3,(H,26,30)(H,27,28,31)/t13-,17+/m0/s1. The topological polar surface area (TPSA) is 78.1 Å². The molecule has 1 saturated heterocycles. The average Bonchev–Trinajstić information content (AvgIpc) is 3.37. The van der Waals surface area contributed by atoms with E-state index in [2.05, 4.69) is 27.4 Å². The van der Waals surface area contributed by atoms with Gasteiger partial charge < -0.3 is 10.3 Å². The molecular formula is C23H24F2N4O2S. The lowest BCUT2D eigenvalue weighted by Crippen LogP contribution is -2.52. The minimum absolute atomic E-state index is 0.0280. The molecule has 168 valence electrons. The quantitative estimate of drug-likeness (QED) is 0.621. The molecule has 0 radical (unpaired) electrons. The van der Waals surface area contributed by atoms with Crippen molar-refractivity contribution in [3.8, 4) is 0 Å². The maximum Gasteiger partial charge on any atom is 0.257 e. The number of rotatable bonds is 4. The van der Waals surface area contributed by atoms with Crippen molar-refractivity contribution in [2.45, 2.75) is 50.5 Å². The van der Waals surface area contributed by atoms with Gasteiger partial charge in [-0.1, -0.05) is 17.4 Å². The van der Waals surface area contributed by atoms with Gasteiger partial charge in [0.2, 0.25) is 11.5 Å². The van der Waals surface area contributed by atoms with Gasteiger partial charge in [0.15, 0.2) is 5.13 Å². The summed E-state index contributed by atoms with van der Waals surface area (Å²) in [7, 11) is 0. The number of anilines is 1. The molecule has 0 unspecified atom stereocenters. The van der Waals surface area contributed by atoms with Crippen molar-refractivity contribution in [2.75, 3.05) is 18.4 Å². The molecule has 2 N–H and O–H groups in total. The smallest absolute Gasteiger partial charge is 0.257 e. The SMILES string of the molecule is C[C@@H](C(=O)Nc1nc2cc3c(cc2s1)CCC3)N1CCC(F)(F)[C@@H](c2ccc(=O)[nH]c2)C1. The molecular weight excluding hydrogens is 434 g/mol. The highest BCUT2D eigenvalue weighted by molar-refractivity contribution is 7.22. The van der Waals surface area contributed by atoms with Crippen LogP contribution < -0.4 is 10.9 Å². The van der Waals surface area contributed by atoms with E-state index in [9.17, 15) is 18.4 Å². The summed E-state index contributed by atoms with van der Waals surface area (Å²) in [6.07, 6.45) is 4.31. The van der Waals surface area contributed by atoms with Crippen LogP contribution in [0.3, 0.4) is 0 Å². The van der Waals surface area contributed by atoms with Gasteiger partial charge >= 0.3 is 0 Å². The second-order valence-electron chi connectivity index (χ2n) is 8.67. The number of aryl methyl sites for hydroxylation is 2. The first-order chi connectivity index (χ1) is 15.3. The predicted octanol–water partition coefficient (Wildman–Crippen LogP) is 3.93. The lowest BCUT2D eigenvalue weighted by atomic mass is 9.87. The Morgan fingerprint density at radius 1 is 1.31 bits per heavy atom. The number of nitrogens with one attached hydrogen (secondary N) is 2. The Hall–Kier alpha value is -2.65. The number of hydrogen-bond acceptors (Lipinski definition) is 5. The molecule has 1 amide bonds. The number of alkyl halides is 2. The van der Waals surface area contributed by atoms with E-state index >= 15 is 0 Å². The molecule has 9 heteroatoms. The van der Waals surface area contributed by atoms with Crippen molar-refractivity contribution in [1.82, 2.24) is 14.9 Å². The van der Waals surface area contributed by atoms with Crippen molar-refractivity contribution < 1.29 is 13.6 Å². The van der Waals surface area contributed by atoms with E-state index < -0.39 is 17.9 Å². The number of piperidine rings is 1. The van der Waals surface area contributed by atoms with E-state index in [0.717, 1.165) is 23.1 Å². The van der Waals surface area contributed by atoms with Gasteiger partial charge in [-0.2, -0.15) is 0 Å². The molecule has 1 aliphatic heterocycles. The summed E-state index contributed by atoms with van der Waals surface area (Å²) in [6.45, 7) is 1.87.